The molecule has 1 N–H and O–H groups in total. The van der Waals surface area contributed by atoms with Gasteiger partial charge in [0.25, 0.3) is 0 Å². The Kier molecular flexibility index (Phi) is 2.96. The molecule has 104 valence electrons. The maximum Gasteiger partial charge on any atom is 0.311 e. The van der Waals surface area contributed by atoms with E-state index in [1.54, 1.807) is 17.1 Å². The average Bonchev–Trinajstić information content (AvgIpc) is 2.81. The first-order valence-electron chi connectivity index (χ1n) is 6.52. The van der Waals surface area contributed by atoms with Crippen molar-refractivity contribution in [2.45, 2.75) is 32.7 Å². The molecule has 0 spiro atoms. The summed E-state index contributed by atoms with van der Waals surface area (Å²) >= 11 is 0. The van der Waals surface area contributed by atoms with Gasteiger partial charge in [-0.1, -0.05) is 6.42 Å². The van der Waals surface area contributed by atoms with Crippen LogP contribution in [-0.2, 0) is 11.3 Å². The van der Waals surface area contributed by atoms with Crippen molar-refractivity contribution in [2.24, 2.45) is 5.41 Å². The summed E-state index contributed by atoms with van der Waals surface area (Å²) in [5, 5.41) is 21.0. The number of rotatable bonds is 4. The van der Waals surface area contributed by atoms with E-state index >= 15 is 0 Å². The maximum absolute atomic E-state index is 11.4. The van der Waals surface area contributed by atoms with Gasteiger partial charge in [0.2, 0.25) is 0 Å². The van der Waals surface area contributed by atoms with E-state index in [1.165, 1.54) is 0 Å². The molecule has 2 heterocycles. The number of nitrogens with zero attached hydrogens (tertiary/aromatic N) is 5. The smallest absolute Gasteiger partial charge is 0.311 e. The lowest BCUT2D eigenvalue weighted by Crippen LogP contribution is -2.42. The van der Waals surface area contributed by atoms with E-state index in [0.717, 1.165) is 17.5 Å². The van der Waals surface area contributed by atoms with E-state index in [1.807, 2.05) is 13.0 Å². The van der Waals surface area contributed by atoms with Crippen LogP contribution in [0.3, 0.4) is 0 Å². The van der Waals surface area contributed by atoms with Crippen LogP contribution in [0.2, 0.25) is 0 Å². The van der Waals surface area contributed by atoms with Crippen LogP contribution >= 0.6 is 0 Å². The van der Waals surface area contributed by atoms with Gasteiger partial charge in [-0.25, -0.2) is 4.68 Å². The molecule has 1 aliphatic carbocycles. The molecule has 2 aromatic heterocycles. The highest BCUT2D eigenvalue weighted by molar-refractivity contribution is 5.75. The summed E-state index contributed by atoms with van der Waals surface area (Å²) in [6, 6.07) is 1.93. The average molecular weight is 273 g/mol. The van der Waals surface area contributed by atoms with Crippen molar-refractivity contribution in [1.82, 2.24) is 25.2 Å². The third-order valence-corrected chi connectivity index (χ3v) is 3.88. The molecule has 0 radical (unpaired) electrons. The van der Waals surface area contributed by atoms with Crippen molar-refractivity contribution in [1.29, 1.82) is 0 Å². The summed E-state index contributed by atoms with van der Waals surface area (Å²) in [7, 11) is 0. The highest BCUT2D eigenvalue weighted by Gasteiger charge is 2.45. The van der Waals surface area contributed by atoms with E-state index in [2.05, 4.69) is 20.5 Å². The van der Waals surface area contributed by atoms with Gasteiger partial charge in [0, 0.05) is 18.0 Å². The first-order valence-corrected chi connectivity index (χ1v) is 6.52. The number of pyridine rings is 1. The van der Waals surface area contributed by atoms with Crippen molar-refractivity contribution in [3.05, 3.63) is 24.0 Å². The normalized spacial score (nSPS) is 16.6. The molecular formula is C13H15N5O2. The van der Waals surface area contributed by atoms with Gasteiger partial charge in [-0.2, -0.15) is 0 Å². The molecule has 0 amide bonds. The molecular weight excluding hydrogens is 258 g/mol. The van der Waals surface area contributed by atoms with Crippen molar-refractivity contribution in [3.8, 4) is 11.4 Å². The Morgan fingerprint density at radius 3 is 2.85 bits per heavy atom. The first kappa shape index (κ1) is 12.7. The third kappa shape index (κ3) is 2.04. The zero-order chi connectivity index (χ0) is 14.2. The summed E-state index contributed by atoms with van der Waals surface area (Å²) in [5.74, 6) is -0.207. The number of carbonyl (C=O) groups is 1. The molecule has 0 unspecified atom stereocenters. The molecule has 1 saturated carbocycles. The fourth-order valence-electron chi connectivity index (χ4n) is 2.52. The summed E-state index contributed by atoms with van der Waals surface area (Å²) in [6.07, 6.45) is 5.73. The highest BCUT2D eigenvalue weighted by Crippen LogP contribution is 2.42. The summed E-state index contributed by atoms with van der Waals surface area (Å²) < 4.78 is 1.57. The molecule has 2 aromatic rings. The Morgan fingerprint density at radius 2 is 2.25 bits per heavy atom. The number of carboxylic acid groups (broad SMARTS) is 1. The van der Waals surface area contributed by atoms with E-state index in [-0.39, 0.29) is 0 Å². The molecule has 7 heteroatoms. The second-order valence-corrected chi connectivity index (χ2v) is 5.35. The number of hydrogen-bond acceptors (Lipinski definition) is 5. The predicted molar refractivity (Wildman–Crippen MR) is 69.7 cm³/mol. The lowest BCUT2D eigenvalue weighted by Gasteiger charge is -2.37. The molecule has 1 fully saturated rings. The fraction of sp³-hybridized carbons (Fsp3) is 0.462. The number of aromatic nitrogens is 5. The zero-order valence-electron chi connectivity index (χ0n) is 11.2. The van der Waals surface area contributed by atoms with Gasteiger partial charge in [-0.15, -0.1) is 5.10 Å². The van der Waals surface area contributed by atoms with Crippen LogP contribution in [0, 0.1) is 12.3 Å². The molecule has 20 heavy (non-hydrogen) atoms. The minimum atomic E-state index is -0.771. The quantitative estimate of drug-likeness (QED) is 0.902. The maximum atomic E-state index is 11.4. The topological polar surface area (TPSA) is 93.8 Å². The van der Waals surface area contributed by atoms with Crippen LogP contribution < -0.4 is 0 Å². The van der Waals surface area contributed by atoms with Crippen LogP contribution in [0.1, 0.15) is 24.8 Å². The zero-order valence-corrected chi connectivity index (χ0v) is 11.2. The molecule has 0 aliphatic heterocycles. The summed E-state index contributed by atoms with van der Waals surface area (Å²) in [6.45, 7) is 2.24. The standard InChI is InChI=1S/C13H15N5O2/c1-9-5-10(7-14-6-9)11-15-16-17-18(11)8-13(12(19)20)3-2-4-13/h5-7H,2-4,8H2,1H3,(H,19,20). The SMILES string of the molecule is Cc1cncc(-c2nnnn2CC2(C(=O)O)CCC2)c1. The van der Waals surface area contributed by atoms with Crippen LogP contribution in [-0.4, -0.2) is 36.3 Å². The van der Waals surface area contributed by atoms with Gasteiger partial charge in [0.15, 0.2) is 5.82 Å². The molecule has 0 saturated heterocycles. The molecule has 1 aliphatic rings. The van der Waals surface area contributed by atoms with Gasteiger partial charge in [-0.05, 0) is 41.8 Å². The minimum Gasteiger partial charge on any atom is -0.481 e. The van der Waals surface area contributed by atoms with Gasteiger partial charge < -0.3 is 5.11 Å². The van der Waals surface area contributed by atoms with Crippen LogP contribution in [0.25, 0.3) is 11.4 Å². The second kappa shape index (κ2) is 4.66. The van der Waals surface area contributed by atoms with Gasteiger partial charge in [0.1, 0.15) is 0 Å². The largest absolute Gasteiger partial charge is 0.481 e. The lowest BCUT2D eigenvalue weighted by molar-refractivity contribution is -0.156. The predicted octanol–water partition coefficient (Wildman–Crippen LogP) is 1.30. The Balaban J connectivity index is 1.93. The van der Waals surface area contributed by atoms with E-state index in [0.29, 0.717) is 25.2 Å². The second-order valence-electron chi connectivity index (χ2n) is 5.35. The molecule has 0 bridgehead atoms. The van der Waals surface area contributed by atoms with E-state index in [4.69, 9.17) is 0 Å². The van der Waals surface area contributed by atoms with Gasteiger partial charge in [-0.3, -0.25) is 9.78 Å². The van der Waals surface area contributed by atoms with Crippen LogP contribution in [0.5, 0.6) is 0 Å². The Hall–Kier alpha value is -2.31. The van der Waals surface area contributed by atoms with Crippen molar-refractivity contribution in [3.63, 3.8) is 0 Å². The summed E-state index contributed by atoms with van der Waals surface area (Å²) in [4.78, 5) is 15.6. The minimum absolute atomic E-state index is 0.304. The Labute approximate surface area is 115 Å². The molecule has 7 nitrogen and oxygen atoms in total. The molecule has 0 aromatic carbocycles. The van der Waals surface area contributed by atoms with Gasteiger partial charge in [0.05, 0.1) is 12.0 Å². The van der Waals surface area contributed by atoms with Crippen LogP contribution in [0.15, 0.2) is 18.5 Å². The van der Waals surface area contributed by atoms with E-state index < -0.39 is 11.4 Å². The number of hydrogen-bond donors (Lipinski definition) is 1. The summed E-state index contributed by atoms with van der Waals surface area (Å²) in [5.41, 5.74) is 1.09. The first-order chi connectivity index (χ1) is 9.61. The number of aliphatic carboxylic acids is 1. The number of tetrazole rings is 1. The molecule has 0 atom stereocenters. The monoisotopic (exact) mass is 273 g/mol. The highest BCUT2D eigenvalue weighted by atomic mass is 16.4. The Morgan fingerprint density at radius 1 is 1.45 bits per heavy atom. The van der Waals surface area contributed by atoms with Crippen LogP contribution in [0.4, 0.5) is 0 Å². The van der Waals surface area contributed by atoms with E-state index in [9.17, 15) is 9.90 Å². The number of carboxylic acids is 1. The van der Waals surface area contributed by atoms with Crippen molar-refractivity contribution in [2.75, 3.05) is 0 Å². The lowest BCUT2D eigenvalue weighted by atomic mass is 9.69. The number of aryl methyl sites for hydroxylation is 1. The van der Waals surface area contributed by atoms with Crippen molar-refractivity contribution < 1.29 is 9.90 Å². The Bertz CT molecular complexity index is 648. The molecule has 3 rings (SSSR count). The van der Waals surface area contributed by atoms with Gasteiger partial charge >= 0.3 is 5.97 Å². The fourth-order valence-corrected chi connectivity index (χ4v) is 2.52. The van der Waals surface area contributed by atoms with Crippen molar-refractivity contribution >= 4 is 5.97 Å². The third-order valence-electron chi connectivity index (χ3n) is 3.88.